The summed E-state index contributed by atoms with van der Waals surface area (Å²) in [5.74, 6) is -6.91. The van der Waals surface area contributed by atoms with Crippen molar-refractivity contribution in [1.82, 2.24) is 29.8 Å². The molecule has 3 aliphatic heterocycles. The predicted molar refractivity (Wildman–Crippen MR) is 371 cm³/mol. The Bertz CT molecular complexity index is 2950. The van der Waals surface area contributed by atoms with Gasteiger partial charge in [-0.1, -0.05) is 131 Å². The molecule has 2 saturated heterocycles. The van der Waals surface area contributed by atoms with E-state index < -0.39 is 114 Å². The lowest BCUT2D eigenvalue weighted by Gasteiger charge is -2.41. The van der Waals surface area contributed by atoms with Crippen molar-refractivity contribution in [3.63, 3.8) is 0 Å². The Hall–Kier alpha value is -6.44. The number of morpholine rings is 1. The van der Waals surface area contributed by atoms with Crippen LogP contribution in [0, 0.1) is 47.3 Å². The van der Waals surface area contributed by atoms with E-state index in [4.69, 9.17) is 18.9 Å². The number of benzene rings is 2. The van der Waals surface area contributed by atoms with Crippen molar-refractivity contribution in [3.8, 4) is 0 Å². The summed E-state index contributed by atoms with van der Waals surface area (Å²) < 4.78 is 67.1. The minimum absolute atomic E-state index is 0.0616. The number of Topliss-reactive ketones (excluding diaryl/α,β-unsaturated/α-hetero) is 3. The molecule has 0 saturated carbocycles. The van der Waals surface area contributed by atoms with Crippen molar-refractivity contribution in [3.05, 3.63) is 77.9 Å². The predicted octanol–water partition coefficient (Wildman–Crippen LogP) is 10.4. The second kappa shape index (κ2) is 40.3. The summed E-state index contributed by atoms with van der Waals surface area (Å²) >= 11 is 0. The molecule has 3 aliphatic rings. The Labute approximate surface area is 585 Å². The van der Waals surface area contributed by atoms with Gasteiger partial charge in [0.05, 0.1) is 62.1 Å². The number of carbonyl (C=O) groups excluding carboxylic acids is 9. The van der Waals surface area contributed by atoms with Crippen molar-refractivity contribution >= 4 is 58.7 Å². The molecule has 5 rings (SSSR count). The molecule has 21 nitrogen and oxygen atoms in total. The first-order valence-electron chi connectivity index (χ1n) is 35.7. The average molecular weight is 1390 g/mol. The second-order valence-electron chi connectivity index (χ2n) is 28.6. The fraction of sp³-hybridized carbons (Fsp3) is 0.693. The number of nitrogens with zero attached hydrogens (tertiary/aromatic N) is 5. The fourth-order valence-corrected chi connectivity index (χ4v) is 14.2. The monoisotopic (exact) mass is 1390 g/mol. The van der Waals surface area contributed by atoms with E-state index in [1.807, 2.05) is 71.9 Å². The van der Waals surface area contributed by atoms with Crippen molar-refractivity contribution in [2.75, 3.05) is 79.6 Å². The molecule has 13 atom stereocenters. The van der Waals surface area contributed by atoms with E-state index in [0.29, 0.717) is 89.2 Å². The number of anilines is 1. The Kier molecular flexibility index (Phi) is 33.8. The van der Waals surface area contributed by atoms with E-state index in [1.165, 1.54) is 19.1 Å². The molecule has 3 N–H and O–H groups in total. The minimum atomic E-state index is -4.69. The number of aliphatic hydroxyl groups is 1. The summed E-state index contributed by atoms with van der Waals surface area (Å²) in [5, 5.41) is 16.5. The number of alkyl halides is 3. The van der Waals surface area contributed by atoms with Gasteiger partial charge < -0.3 is 44.1 Å². The molecule has 554 valence electrons. The van der Waals surface area contributed by atoms with Gasteiger partial charge in [-0.2, -0.15) is 13.2 Å². The summed E-state index contributed by atoms with van der Waals surface area (Å²) in [4.78, 5) is 132. The smallest absolute Gasteiger partial charge is 0.410 e. The number of methoxy groups -OCH3 is 2. The number of amides is 6. The van der Waals surface area contributed by atoms with Gasteiger partial charge in [-0.05, 0) is 97.9 Å². The van der Waals surface area contributed by atoms with Crippen LogP contribution in [0.3, 0.4) is 0 Å². The molecule has 2 aromatic rings. The highest BCUT2D eigenvalue weighted by molar-refractivity contribution is 6.12. The fourth-order valence-electron chi connectivity index (χ4n) is 14.2. The minimum Gasteiger partial charge on any atom is -0.445 e. The number of nitrogens with one attached hydrogen (secondary N) is 2. The topological polar surface area (TPSA) is 251 Å². The number of unbranched alkanes of at least 4 members (excludes halogenated alkanes) is 2. The number of rotatable bonds is 42. The molecular formula is C75H114F3N7O14. The summed E-state index contributed by atoms with van der Waals surface area (Å²) in [6.07, 6.45) is -2.60. The van der Waals surface area contributed by atoms with E-state index in [0.717, 1.165) is 22.6 Å². The number of imide groups is 1. The standard InChI is InChI=1S/C75H114F3N7O14/c1-15-50(8)69(62(96-13)45-66(91)84-37-23-27-58(84)71(97-14)52(10)59(86)42-51(9)70(92)54-24-18-16-19-25-54)81(11)73(94)57(47(2)3)44-61(88)68(49(6)7)82(12)74(95)99-46-53-29-31-56(32-30-53)79-72(93)55(26-22-35-83-38-40-98-41-39-83)43-60(87)67(48(4)5)80-63(75(76,77)78)28-20-17-21-36-85-64(89)33-34-65(85)90/h16,18-19,24-25,29-34,47-52,55,57-58,62-63,67-71,80,92H,15,17,20-23,26-28,35-46H2,1-14H3,(H,79,93). The molecule has 13 unspecified atom stereocenters. The number of likely N-dealkylation sites (tertiary alicyclic amines) is 1. The van der Waals surface area contributed by atoms with Crippen molar-refractivity contribution in [2.24, 2.45) is 47.3 Å². The number of ether oxygens (including phenoxy) is 4. The van der Waals surface area contributed by atoms with Crippen LogP contribution in [0.25, 0.3) is 0 Å². The number of hydrogen-bond acceptors (Lipinski definition) is 16. The SMILES string of the molecule is CCC(C)C(C(CC(=O)N1CCCC1C(OC)C(C)C(=O)CC(C)C(O)c1ccccc1)OC)N(C)C(=O)C(CC(=O)C(C(C)C)N(C)C(=O)OCc1ccc(NC(=O)C(CCCN2CCOCC2)CC(=O)C(NC(CCCCCN2C(=O)C=CC2=O)C(F)(F)F)C(C)C)cc1)C(C)C. The third kappa shape index (κ3) is 24.4. The van der Waals surface area contributed by atoms with E-state index in [1.54, 1.807) is 75.9 Å². The maximum absolute atomic E-state index is 14.9. The van der Waals surface area contributed by atoms with Crippen LogP contribution < -0.4 is 10.6 Å². The van der Waals surface area contributed by atoms with Crippen molar-refractivity contribution in [2.45, 2.75) is 214 Å². The van der Waals surface area contributed by atoms with Crippen LogP contribution >= 0.6 is 0 Å². The van der Waals surface area contributed by atoms with Crippen LogP contribution in [0.15, 0.2) is 66.7 Å². The lowest BCUT2D eigenvalue weighted by atomic mass is 9.83. The Morgan fingerprint density at radius 1 is 0.707 bits per heavy atom. The zero-order chi connectivity index (χ0) is 73.4. The van der Waals surface area contributed by atoms with Crippen LogP contribution in [0.5, 0.6) is 0 Å². The lowest BCUT2D eigenvalue weighted by molar-refractivity contribution is -0.161. The molecule has 0 bridgehead atoms. The molecule has 0 aromatic heterocycles. The number of aliphatic hydroxyl groups excluding tert-OH is 1. The Morgan fingerprint density at radius 3 is 1.93 bits per heavy atom. The van der Waals surface area contributed by atoms with Gasteiger partial charge in [-0.25, -0.2) is 4.79 Å². The molecule has 0 aliphatic carbocycles. The molecule has 3 heterocycles. The van der Waals surface area contributed by atoms with Gasteiger partial charge in [0, 0.05) is 109 Å². The Balaban J connectivity index is 1.20. The van der Waals surface area contributed by atoms with Crippen LogP contribution in [0.4, 0.5) is 23.7 Å². The zero-order valence-electron chi connectivity index (χ0n) is 61.1. The normalized spacial score (nSPS) is 19.1. The highest BCUT2D eigenvalue weighted by atomic mass is 19.4. The quantitative estimate of drug-likeness (QED) is 0.0413. The zero-order valence-corrected chi connectivity index (χ0v) is 61.1. The maximum Gasteiger partial charge on any atom is 0.410 e. The van der Waals surface area contributed by atoms with E-state index in [2.05, 4.69) is 15.5 Å². The molecular weight excluding hydrogens is 1280 g/mol. The van der Waals surface area contributed by atoms with E-state index >= 15 is 0 Å². The lowest BCUT2D eigenvalue weighted by Crippen LogP contribution is -2.54. The van der Waals surface area contributed by atoms with Gasteiger partial charge >= 0.3 is 12.3 Å². The van der Waals surface area contributed by atoms with Gasteiger partial charge in [0.15, 0.2) is 11.6 Å². The highest BCUT2D eigenvalue weighted by Gasteiger charge is 2.45. The number of hydrogen-bond donors (Lipinski definition) is 3. The van der Waals surface area contributed by atoms with Crippen LogP contribution in [-0.2, 0) is 63.9 Å². The second-order valence-corrected chi connectivity index (χ2v) is 28.6. The summed E-state index contributed by atoms with van der Waals surface area (Å²) in [6, 6.07) is 10.5. The van der Waals surface area contributed by atoms with Gasteiger partial charge in [0.1, 0.15) is 18.4 Å². The van der Waals surface area contributed by atoms with Gasteiger partial charge in [-0.3, -0.25) is 53.5 Å². The molecule has 0 spiro atoms. The van der Waals surface area contributed by atoms with Crippen LogP contribution in [0.2, 0.25) is 0 Å². The van der Waals surface area contributed by atoms with Crippen LogP contribution in [-0.4, -0.2) is 205 Å². The third-order valence-electron chi connectivity index (χ3n) is 20.4. The van der Waals surface area contributed by atoms with Gasteiger partial charge in [0.25, 0.3) is 11.8 Å². The maximum atomic E-state index is 14.9. The Morgan fingerprint density at radius 2 is 1.35 bits per heavy atom. The summed E-state index contributed by atoms with van der Waals surface area (Å²) in [7, 11) is 6.22. The molecule has 6 amide bonds. The highest BCUT2D eigenvalue weighted by Crippen LogP contribution is 2.34. The molecule has 0 radical (unpaired) electrons. The number of carbonyl (C=O) groups is 9. The van der Waals surface area contributed by atoms with Crippen molar-refractivity contribution < 1.29 is 80.4 Å². The first kappa shape index (κ1) is 83.2. The number of halogens is 3. The largest absolute Gasteiger partial charge is 0.445 e. The molecule has 24 heteroatoms. The third-order valence-corrected chi connectivity index (χ3v) is 20.4. The first-order chi connectivity index (χ1) is 46.8. The number of likely N-dealkylation sites (N-methyl/N-ethyl adjacent to an activating group) is 2. The molecule has 2 fully saturated rings. The van der Waals surface area contributed by atoms with Gasteiger partial charge in [0.2, 0.25) is 17.7 Å². The first-order valence-corrected chi connectivity index (χ1v) is 35.7. The summed E-state index contributed by atoms with van der Waals surface area (Å²) in [6.45, 7) is 21.8. The van der Waals surface area contributed by atoms with Crippen molar-refractivity contribution in [1.29, 1.82) is 0 Å². The molecule has 2 aromatic carbocycles. The van der Waals surface area contributed by atoms with E-state index in [9.17, 15) is 61.4 Å². The number of ketones is 3. The van der Waals surface area contributed by atoms with Gasteiger partial charge in [-0.15, -0.1) is 0 Å². The molecule has 99 heavy (non-hydrogen) atoms. The van der Waals surface area contributed by atoms with E-state index in [-0.39, 0.29) is 99.2 Å². The average Bonchev–Trinajstić information content (AvgIpc) is 1.80. The van der Waals surface area contributed by atoms with Crippen LogP contribution in [0.1, 0.15) is 170 Å². The summed E-state index contributed by atoms with van der Waals surface area (Å²) in [5.41, 5.74) is 1.64.